The van der Waals surface area contributed by atoms with Crippen LogP contribution < -0.4 is 15.4 Å². The Balaban J connectivity index is 1.58. The Bertz CT molecular complexity index is 1330. The first-order chi connectivity index (χ1) is 17.9. The van der Waals surface area contributed by atoms with E-state index in [0.717, 1.165) is 11.3 Å². The lowest BCUT2D eigenvalue weighted by molar-refractivity contribution is -0.139. The Morgan fingerprint density at radius 3 is 2.81 bits per heavy atom. The molecule has 1 unspecified atom stereocenters. The number of rotatable bonds is 11. The minimum absolute atomic E-state index is 0.193. The van der Waals surface area contributed by atoms with Gasteiger partial charge in [-0.3, -0.25) is 4.57 Å². The molecule has 3 heterocycles. The molecule has 0 radical (unpaired) electrons. The molecule has 0 spiro atoms. The van der Waals surface area contributed by atoms with Crippen LogP contribution in [0.5, 0.6) is 5.75 Å². The number of carbonyl (C=O) groups excluding carboxylic acids is 2. The second-order valence-electron chi connectivity index (χ2n) is 8.28. The summed E-state index contributed by atoms with van der Waals surface area (Å²) in [5.74, 6) is 2.18. The quantitative estimate of drug-likeness (QED) is 0.218. The van der Waals surface area contributed by atoms with Crippen molar-refractivity contribution >= 4 is 23.8 Å². The minimum Gasteiger partial charge on any atom is -0.486 e. The van der Waals surface area contributed by atoms with Gasteiger partial charge in [-0.15, -0.1) is 16.8 Å². The van der Waals surface area contributed by atoms with E-state index in [-0.39, 0.29) is 24.5 Å². The fourth-order valence-electron chi connectivity index (χ4n) is 3.84. The van der Waals surface area contributed by atoms with E-state index in [1.165, 1.54) is 11.8 Å². The number of hydrogen-bond acceptors (Lipinski definition) is 8. The Kier molecular flexibility index (Phi) is 8.34. The Hall–Kier alpha value is -3.99. The third-order valence-electron chi connectivity index (χ3n) is 5.50. The average molecular weight is 524 g/mol. The molecule has 2 amide bonds. The van der Waals surface area contributed by atoms with Crippen LogP contribution in [-0.4, -0.2) is 39.1 Å². The first-order valence-corrected chi connectivity index (χ1v) is 12.8. The largest absolute Gasteiger partial charge is 0.486 e. The highest BCUT2D eigenvalue weighted by atomic mass is 32.2. The molecule has 37 heavy (non-hydrogen) atoms. The zero-order valence-electron chi connectivity index (χ0n) is 20.9. The van der Waals surface area contributed by atoms with Crippen molar-refractivity contribution in [2.45, 2.75) is 45.1 Å². The summed E-state index contributed by atoms with van der Waals surface area (Å²) in [7, 11) is 0. The number of aryl methyl sites for hydroxylation is 2. The van der Waals surface area contributed by atoms with Crippen LogP contribution in [0.2, 0.25) is 0 Å². The Labute approximate surface area is 219 Å². The van der Waals surface area contributed by atoms with Gasteiger partial charge in [-0.2, -0.15) is 0 Å². The molecule has 1 aliphatic heterocycles. The first kappa shape index (κ1) is 26.1. The van der Waals surface area contributed by atoms with Crippen LogP contribution in [0.25, 0.3) is 0 Å². The van der Waals surface area contributed by atoms with E-state index >= 15 is 0 Å². The van der Waals surface area contributed by atoms with Crippen molar-refractivity contribution in [3.8, 4) is 5.75 Å². The summed E-state index contributed by atoms with van der Waals surface area (Å²) in [6.45, 7) is 10.2. The smallest absolute Gasteiger partial charge is 0.338 e. The monoisotopic (exact) mass is 523 g/mol. The SMILES string of the molecule is C=CCn1c(COc2cccc(C)c2)nnc1SCC1=C(C(=O)OCC)C(c2ccc(C)o2)NC(=O)N1. The van der Waals surface area contributed by atoms with Crippen LogP contribution in [-0.2, 0) is 22.7 Å². The van der Waals surface area contributed by atoms with Crippen molar-refractivity contribution in [3.63, 3.8) is 0 Å². The van der Waals surface area contributed by atoms with Crippen LogP contribution in [0.1, 0.15) is 35.9 Å². The fourth-order valence-corrected chi connectivity index (χ4v) is 4.77. The molecule has 10 nitrogen and oxygen atoms in total. The lowest BCUT2D eigenvalue weighted by Gasteiger charge is -2.27. The molecule has 0 bridgehead atoms. The van der Waals surface area contributed by atoms with Crippen molar-refractivity contribution in [2.75, 3.05) is 12.4 Å². The molecule has 1 aromatic carbocycles. The molecular formula is C26H29N5O5S. The van der Waals surface area contributed by atoms with Gasteiger partial charge in [0.05, 0.1) is 12.2 Å². The number of aromatic nitrogens is 3. The lowest BCUT2D eigenvalue weighted by Crippen LogP contribution is -2.46. The van der Waals surface area contributed by atoms with E-state index in [4.69, 9.17) is 13.9 Å². The molecule has 2 aromatic heterocycles. The number of allylic oxidation sites excluding steroid dienone is 1. The molecule has 0 fully saturated rings. The van der Waals surface area contributed by atoms with Crippen LogP contribution in [0.4, 0.5) is 4.79 Å². The summed E-state index contributed by atoms with van der Waals surface area (Å²) in [6.07, 6.45) is 1.74. The Morgan fingerprint density at radius 2 is 2.11 bits per heavy atom. The van der Waals surface area contributed by atoms with Crippen molar-refractivity contribution < 1.29 is 23.5 Å². The van der Waals surface area contributed by atoms with E-state index in [1.807, 2.05) is 35.8 Å². The molecule has 4 rings (SSSR count). The molecule has 3 aromatic rings. The number of hydrogen-bond donors (Lipinski definition) is 2. The summed E-state index contributed by atoms with van der Waals surface area (Å²) < 4.78 is 18.8. The second-order valence-corrected chi connectivity index (χ2v) is 9.23. The summed E-state index contributed by atoms with van der Waals surface area (Å²) in [4.78, 5) is 25.4. The van der Waals surface area contributed by atoms with Crippen molar-refractivity contribution in [2.24, 2.45) is 0 Å². The van der Waals surface area contributed by atoms with Gasteiger partial charge in [-0.1, -0.05) is 30.0 Å². The van der Waals surface area contributed by atoms with Crippen molar-refractivity contribution in [1.82, 2.24) is 25.4 Å². The van der Waals surface area contributed by atoms with Crippen molar-refractivity contribution in [1.29, 1.82) is 0 Å². The lowest BCUT2D eigenvalue weighted by atomic mass is 10.0. The molecule has 0 saturated heterocycles. The maximum absolute atomic E-state index is 12.9. The van der Waals surface area contributed by atoms with Gasteiger partial charge in [-0.25, -0.2) is 9.59 Å². The van der Waals surface area contributed by atoms with Crippen LogP contribution >= 0.6 is 11.8 Å². The number of amides is 2. The van der Waals surface area contributed by atoms with E-state index in [0.29, 0.717) is 34.7 Å². The van der Waals surface area contributed by atoms with Gasteiger partial charge >= 0.3 is 12.0 Å². The number of benzene rings is 1. The van der Waals surface area contributed by atoms with Gasteiger partial charge in [0, 0.05) is 18.0 Å². The highest BCUT2D eigenvalue weighted by Crippen LogP contribution is 2.31. The van der Waals surface area contributed by atoms with Crippen LogP contribution in [0.3, 0.4) is 0 Å². The molecular weight excluding hydrogens is 494 g/mol. The van der Waals surface area contributed by atoms with Crippen molar-refractivity contribution in [3.05, 3.63) is 83.2 Å². The molecule has 194 valence electrons. The maximum Gasteiger partial charge on any atom is 0.338 e. The molecule has 1 atom stereocenters. The van der Waals surface area contributed by atoms with E-state index in [2.05, 4.69) is 27.4 Å². The van der Waals surface area contributed by atoms with Crippen LogP contribution in [0, 0.1) is 13.8 Å². The third-order valence-corrected chi connectivity index (χ3v) is 6.50. The topological polar surface area (TPSA) is 121 Å². The highest BCUT2D eigenvalue weighted by molar-refractivity contribution is 7.99. The van der Waals surface area contributed by atoms with Gasteiger partial charge in [0.15, 0.2) is 11.0 Å². The molecule has 0 saturated carbocycles. The van der Waals surface area contributed by atoms with Gasteiger partial charge in [0.1, 0.15) is 29.9 Å². The fraction of sp³-hybridized carbons (Fsp3) is 0.308. The Morgan fingerprint density at radius 1 is 1.27 bits per heavy atom. The predicted octanol–water partition coefficient (Wildman–Crippen LogP) is 4.22. The van der Waals surface area contributed by atoms with Crippen LogP contribution in [0.15, 0.2) is 69.9 Å². The summed E-state index contributed by atoms with van der Waals surface area (Å²) in [5, 5.41) is 14.7. The molecule has 1 aliphatic rings. The average Bonchev–Trinajstić information content (AvgIpc) is 3.47. The zero-order chi connectivity index (χ0) is 26.4. The second kappa shape index (κ2) is 11.8. The standard InChI is InChI=1S/C26H29N5O5S/c1-5-12-31-21(14-35-18-9-7-8-16(3)13-18)29-30-26(31)37-15-19-22(24(32)34-6-2)23(28-25(33)27-19)20-11-10-17(4)36-20/h5,7-11,13,23H,1,6,12,14-15H2,2-4H3,(H2,27,28,33). The number of nitrogens with zero attached hydrogens (tertiary/aromatic N) is 3. The first-order valence-electron chi connectivity index (χ1n) is 11.8. The predicted molar refractivity (Wildman–Crippen MR) is 138 cm³/mol. The highest BCUT2D eigenvalue weighted by Gasteiger charge is 2.35. The van der Waals surface area contributed by atoms with Gasteiger partial charge in [0.2, 0.25) is 0 Å². The van der Waals surface area contributed by atoms with Gasteiger partial charge < -0.3 is 24.5 Å². The number of ether oxygens (including phenoxy) is 2. The minimum atomic E-state index is -0.776. The van der Waals surface area contributed by atoms with E-state index < -0.39 is 18.0 Å². The van der Waals surface area contributed by atoms with Gasteiger partial charge in [-0.05, 0) is 50.6 Å². The number of carbonyl (C=O) groups is 2. The number of esters is 1. The number of urea groups is 1. The molecule has 11 heteroatoms. The number of furan rings is 1. The number of thioether (sulfide) groups is 1. The van der Waals surface area contributed by atoms with E-state index in [1.54, 1.807) is 32.1 Å². The third kappa shape index (κ3) is 6.23. The number of nitrogens with one attached hydrogen (secondary N) is 2. The maximum atomic E-state index is 12.9. The zero-order valence-corrected chi connectivity index (χ0v) is 21.8. The summed E-state index contributed by atoms with van der Waals surface area (Å²) in [5.41, 5.74) is 1.79. The van der Waals surface area contributed by atoms with Gasteiger partial charge in [0.25, 0.3) is 0 Å². The normalized spacial score (nSPS) is 15.2. The molecule has 2 N–H and O–H groups in total. The van der Waals surface area contributed by atoms with E-state index in [9.17, 15) is 9.59 Å². The summed E-state index contributed by atoms with van der Waals surface area (Å²) in [6, 6.07) is 10.1. The summed E-state index contributed by atoms with van der Waals surface area (Å²) >= 11 is 1.33. The molecule has 0 aliphatic carbocycles.